The molecule has 90 valence electrons. The van der Waals surface area contributed by atoms with Crippen molar-refractivity contribution >= 4 is 5.82 Å². The molecule has 2 heterocycles. The van der Waals surface area contributed by atoms with Crippen molar-refractivity contribution in [2.24, 2.45) is 0 Å². The van der Waals surface area contributed by atoms with E-state index in [0.717, 1.165) is 36.6 Å². The molecule has 0 unspecified atom stereocenters. The lowest BCUT2D eigenvalue weighted by atomic mass is 10.2. The summed E-state index contributed by atoms with van der Waals surface area (Å²) in [5.74, 6) is 0.862. The quantitative estimate of drug-likeness (QED) is 0.857. The van der Waals surface area contributed by atoms with Gasteiger partial charge < -0.3 is 5.32 Å². The molecule has 1 N–H and O–H groups in total. The van der Waals surface area contributed by atoms with E-state index in [4.69, 9.17) is 0 Å². The smallest absolute Gasteiger partial charge is 0.129 e. The van der Waals surface area contributed by atoms with E-state index in [0.29, 0.717) is 0 Å². The van der Waals surface area contributed by atoms with E-state index >= 15 is 0 Å². The summed E-state index contributed by atoms with van der Waals surface area (Å²) >= 11 is 0. The Bertz CT molecular complexity index is 477. The minimum absolute atomic E-state index is 0.862. The Labute approximate surface area is 101 Å². The molecule has 0 spiro atoms. The van der Waals surface area contributed by atoms with E-state index in [1.165, 1.54) is 0 Å². The molecule has 5 heteroatoms. The Morgan fingerprint density at radius 1 is 1.29 bits per heavy atom. The first-order valence-electron chi connectivity index (χ1n) is 5.92. The van der Waals surface area contributed by atoms with Gasteiger partial charge in [0.25, 0.3) is 0 Å². The largest absolute Gasteiger partial charge is 0.370 e. The molecule has 2 rings (SSSR count). The van der Waals surface area contributed by atoms with Crippen molar-refractivity contribution in [1.82, 2.24) is 19.7 Å². The van der Waals surface area contributed by atoms with E-state index in [9.17, 15) is 0 Å². The molecule has 5 nitrogen and oxygen atoms in total. The highest BCUT2D eigenvalue weighted by atomic mass is 15.3. The van der Waals surface area contributed by atoms with Gasteiger partial charge in [-0.1, -0.05) is 6.92 Å². The minimum Gasteiger partial charge on any atom is -0.370 e. The maximum Gasteiger partial charge on any atom is 0.129 e. The molecule has 2 aromatic heterocycles. The number of aromatic nitrogens is 4. The molecule has 0 aliphatic heterocycles. The Balaban J connectivity index is 2.20. The third-order valence-electron chi connectivity index (χ3n) is 2.48. The summed E-state index contributed by atoms with van der Waals surface area (Å²) in [4.78, 5) is 8.44. The van der Waals surface area contributed by atoms with Crippen LogP contribution in [-0.4, -0.2) is 26.3 Å². The van der Waals surface area contributed by atoms with Crippen LogP contribution < -0.4 is 5.32 Å². The lowest BCUT2D eigenvalue weighted by molar-refractivity contribution is 0.660. The van der Waals surface area contributed by atoms with Gasteiger partial charge in [-0.2, -0.15) is 5.10 Å². The fraction of sp³-hybridized carbons (Fsp3) is 0.417. The highest BCUT2D eigenvalue weighted by Gasteiger charge is 2.04. The minimum atomic E-state index is 0.862. The van der Waals surface area contributed by atoms with E-state index in [1.54, 1.807) is 6.33 Å². The lowest BCUT2D eigenvalue weighted by Gasteiger charge is -2.04. The van der Waals surface area contributed by atoms with Gasteiger partial charge in [-0.15, -0.1) is 0 Å². The molecule has 0 aliphatic rings. The lowest BCUT2D eigenvalue weighted by Crippen LogP contribution is -2.02. The van der Waals surface area contributed by atoms with Crippen LogP contribution in [0.1, 0.15) is 20.3 Å². The predicted molar refractivity (Wildman–Crippen MR) is 67.7 cm³/mol. The molecule has 0 bridgehead atoms. The van der Waals surface area contributed by atoms with Crippen LogP contribution in [0.3, 0.4) is 0 Å². The first-order chi connectivity index (χ1) is 8.33. The van der Waals surface area contributed by atoms with Crippen molar-refractivity contribution in [1.29, 1.82) is 0 Å². The first kappa shape index (κ1) is 11.6. The molecule has 0 atom stereocenters. The van der Waals surface area contributed by atoms with E-state index in [2.05, 4.69) is 34.2 Å². The van der Waals surface area contributed by atoms with Gasteiger partial charge in [0.05, 0.1) is 11.9 Å². The second kappa shape index (κ2) is 5.43. The van der Waals surface area contributed by atoms with Crippen molar-refractivity contribution < 1.29 is 0 Å². The summed E-state index contributed by atoms with van der Waals surface area (Å²) in [6.07, 6.45) is 6.48. The van der Waals surface area contributed by atoms with Crippen LogP contribution in [0, 0.1) is 0 Å². The fourth-order valence-electron chi connectivity index (χ4n) is 1.53. The van der Waals surface area contributed by atoms with Crippen LogP contribution in [-0.2, 0) is 6.54 Å². The molecule has 0 aliphatic carbocycles. The second-order valence-corrected chi connectivity index (χ2v) is 3.80. The molecular weight excluding hydrogens is 214 g/mol. The Hall–Kier alpha value is -1.91. The maximum atomic E-state index is 4.26. The van der Waals surface area contributed by atoms with Crippen LogP contribution in [0.15, 0.2) is 24.8 Å². The standard InChI is InChI=1S/C12H17N5/c1-3-5-13-12-6-11(14-9-15-12)10-7-16-17(4-2)8-10/h6-9H,3-5H2,1-2H3,(H,13,14,15). The summed E-state index contributed by atoms with van der Waals surface area (Å²) in [6.45, 7) is 5.97. The number of anilines is 1. The number of hydrogen-bond acceptors (Lipinski definition) is 4. The van der Waals surface area contributed by atoms with Gasteiger partial charge in [0.2, 0.25) is 0 Å². The Kier molecular flexibility index (Phi) is 3.69. The normalized spacial score (nSPS) is 10.5. The second-order valence-electron chi connectivity index (χ2n) is 3.80. The van der Waals surface area contributed by atoms with Crippen LogP contribution in [0.2, 0.25) is 0 Å². The van der Waals surface area contributed by atoms with Crippen LogP contribution in [0.25, 0.3) is 11.3 Å². The van der Waals surface area contributed by atoms with Crippen LogP contribution in [0.4, 0.5) is 5.82 Å². The molecule has 0 saturated heterocycles. The number of hydrogen-bond donors (Lipinski definition) is 1. The van der Waals surface area contributed by atoms with Crippen molar-refractivity contribution in [3.63, 3.8) is 0 Å². The van der Waals surface area contributed by atoms with E-state index in [1.807, 2.05) is 23.1 Å². The Morgan fingerprint density at radius 3 is 2.88 bits per heavy atom. The summed E-state index contributed by atoms with van der Waals surface area (Å²) in [7, 11) is 0. The Morgan fingerprint density at radius 2 is 2.18 bits per heavy atom. The molecule has 0 radical (unpaired) electrons. The third-order valence-corrected chi connectivity index (χ3v) is 2.48. The SMILES string of the molecule is CCCNc1cc(-c2cnn(CC)c2)ncn1. The number of nitrogens with zero attached hydrogens (tertiary/aromatic N) is 4. The van der Waals surface area contributed by atoms with Crippen molar-refractivity contribution in [2.75, 3.05) is 11.9 Å². The zero-order valence-corrected chi connectivity index (χ0v) is 10.2. The highest BCUT2D eigenvalue weighted by Crippen LogP contribution is 2.17. The molecule has 0 fully saturated rings. The third kappa shape index (κ3) is 2.81. The predicted octanol–water partition coefficient (Wildman–Crippen LogP) is 2.18. The number of nitrogens with one attached hydrogen (secondary N) is 1. The van der Waals surface area contributed by atoms with Gasteiger partial charge in [0.1, 0.15) is 12.1 Å². The number of rotatable bonds is 5. The van der Waals surface area contributed by atoms with Gasteiger partial charge in [0, 0.05) is 30.9 Å². The fourth-order valence-corrected chi connectivity index (χ4v) is 1.53. The topological polar surface area (TPSA) is 55.6 Å². The van der Waals surface area contributed by atoms with E-state index < -0.39 is 0 Å². The average Bonchev–Trinajstić information content (AvgIpc) is 2.85. The van der Waals surface area contributed by atoms with E-state index in [-0.39, 0.29) is 0 Å². The maximum absolute atomic E-state index is 4.26. The summed E-state index contributed by atoms with van der Waals surface area (Å²) < 4.78 is 1.89. The van der Waals surface area contributed by atoms with Gasteiger partial charge >= 0.3 is 0 Å². The zero-order chi connectivity index (χ0) is 12.1. The molecule has 2 aromatic rings. The van der Waals surface area contributed by atoms with Gasteiger partial charge in [-0.05, 0) is 13.3 Å². The average molecular weight is 231 g/mol. The molecular formula is C12H17N5. The highest BCUT2D eigenvalue weighted by molar-refractivity contribution is 5.60. The summed E-state index contributed by atoms with van der Waals surface area (Å²) in [5.41, 5.74) is 1.92. The van der Waals surface area contributed by atoms with Crippen molar-refractivity contribution in [3.8, 4) is 11.3 Å². The molecule has 0 saturated carbocycles. The van der Waals surface area contributed by atoms with Crippen LogP contribution >= 0.6 is 0 Å². The first-order valence-corrected chi connectivity index (χ1v) is 5.92. The zero-order valence-electron chi connectivity index (χ0n) is 10.2. The van der Waals surface area contributed by atoms with Gasteiger partial charge in [0.15, 0.2) is 0 Å². The molecule has 0 aromatic carbocycles. The van der Waals surface area contributed by atoms with Crippen molar-refractivity contribution in [2.45, 2.75) is 26.8 Å². The number of aryl methyl sites for hydroxylation is 1. The van der Waals surface area contributed by atoms with Crippen LogP contribution in [0.5, 0.6) is 0 Å². The molecule has 0 amide bonds. The molecule has 17 heavy (non-hydrogen) atoms. The summed E-state index contributed by atoms with van der Waals surface area (Å²) in [5, 5.41) is 7.49. The monoisotopic (exact) mass is 231 g/mol. The van der Waals surface area contributed by atoms with Gasteiger partial charge in [-0.25, -0.2) is 9.97 Å². The summed E-state index contributed by atoms with van der Waals surface area (Å²) in [6, 6.07) is 1.95. The van der Waals surface area contributed by atoms with Gasteiger partial charge in [-0.3, -0.25) is 4.68 Å². The van der Waals surface area contributed by atoms with Crippen molar-refractivity contribution in [3.05, 3.63) is 24.8 Å².